The maximum Gasteiger partial charge on any atom is 0.261 e. The number of carbonyl (C=O) groups excluding carboxylic acids is 1. The van der Waals surface area contributed by atoms with Crippen LogP contribution >= 0.6 is 15.9 Å². The lowest BCUT2D eigenvalue weighted by molar-refractivity contribution is -0.127. The Morgan fingerprint density at radius 3 is 2.23 bits per heavy atom. The molecular formula is C19H20BrNO4S. The minimum atomic E-state index is -3.02. The van der Waals surface area contributed by atoms with Crippen LogP contribution in [0.15, 0.2) is 53.0 Å². The molecule has 0 radical (unpaired) electrons. The van der Waals surface area contributed by atoms with Crippen LogP contribution in [0.1, 0.15) is 13.3 Å². The fourth-order valence-electron chi connectivity index (χ4n) is 2.85. The molecule has 3 rings (SSSR count). The summed E-state index contributed by atoms with van der Waals surface area (Å²) < 4.78 is 29.6. The molecule has 2 aromatic carbocycles. The number of hydrogen-bond donors (Lipinski definition) is 1. The summed E-state index contributed by atoms with van der Waals surface area (Å²) in [6.45, 7) is 1.65. The predicted octanol–water partition coefficient (Wildman–Crippen LogP) is 3.19. The van der Waals surface area contributed by atoms with Crippen LogP contribution in [-0.2, 0) is 14.6 Å². The molecule has 2 atom stereocenters. The van der Waals surface area contributed by atoms with Gasteiger partial charge in [0.25, 0.3) is 5.91 Å². The summed E-state index contributed by atoms with van der Waals surface area (Å²) in [4.78, 5) is 12.2. The lowest BCUT2D eigenvalue weighted by atomic mass is 10.1. The van der Waals surface area contributed by atoms with Gasteiger partial charge in [-0.15, -0.1) is 0 Å². The van der Waals surface area contributed by atoms with Crippen LogP contribution in [0.5, 0.6) is 5.75 Å². The molecule has 2 aromatic rings. The van der Waals surface area contributed by atoms with E-state index in [4.69, 9.17) is 4.74 Å². The molecular weight excluding hydrogens is 418 g/mol. The Balaban J connectivity index is 1.58. The van der Waals surface area contributed by atoms with Crippen LogP contribution in [-0.4, -0.2) is 38.0 Å². The highest BCUT2D eigenvalue weighted by molar-refractivity contribution is 9.10. The van der Waals surface area contributed by atoms with Gasteiger partial charge in [-0.2, -0.15) is 0 Å². The van der Waals surface area contributed by atoms with Crippen molar-refractivity contribution in [3.8, 4) is 16.9 Å². The van der Waals surface area contributed by atoms with Crippen LogP contribution in [0, 0.1) is 0 Å². The molecule has 7 heteroatoms. The predicted molar refractivity (Wildman–Crippen MR) is 105 cm³/mol. The summed E-state index contributed by atoms with van der Waals surface area (Å²) in [7, 11) is -3.02. The Bertz CT molecular complexity index is 879. The van der Waals surface area contributed by atoms with E-state index in [0.717, 1.165) is 15.6 Å². The van der Waals surface area contributed by atoms with Crippen molar-refractivity contribution >= 4 is 31.7 Å². The van der Waals surface area contributed by atoms with E-state index in [9.17, 15) is 13.2 Å². The molecule has 1 amide bonds. The van der Waals surface area contributed by atoms with Gasteiger partial charge in [-0.25, -0.2) is 8.42 Å². The van der Waals surface area contributed by atoms with Gasteiger partial charge in [0.05, 0.1) is 11.5 Å². The van der Waals surface area contributed by atoms with Crippen LogP contribution in [0.25, 0.3) is 11.1 Å². The third kappa shape index (κ3) is 4.86. The number of hydrogen-bond acceptors (Lipinski definition) is 4. The Morgan fingerprint density at radius 2 is 1.69 bits per heavy atom. The average Bonchev–Trinajstić information content (AvgIpc) is 2.95. The molecule has 1 heterocycles. The van der Waals surface area contributed by atoms with Crippen molar-refractivity contribution in [2.24, 2.45) is 0 Å². The molecule has 0 spiro atoms. The fraction of sp³-hybridized carbons (Fsp3) is 0.316. The number of ether oxygens (including phenoxy) is 1. The van der Waals surface area contributed by atoms with Gasteiger partial charge < -0.3 is 10.1 Å². The van der Waals surface area contributed by atoms with E-state index in [-0.39, 0.29) is 23.5 Å². The van der Waals surface area contributed by atoms with Crippen LogP contribution < -0.4 is 10.1 Å². The standard InChI is InChI=1S/C19H20BrNO4S/c1-13(19(22)21-17-10-11-26(23,24)12-17)25-18-8-4-15(5-9-18)14-2-6-16(20)7-3-14/h2-9,13,17H,10-12H2,1H3,(H,21,22). The Labute approximate surface area is 161 Å². The molecule has 0 aliphatic carbocycles. The quantitative estimate of drug-likeness (QED) is 0.779. The zero-order chi connectivity index (χ0) is 18.7. The summed E-state index contributed by atoms with van der Waals surface area (Å²) in [5.74, 6) is 0.426. The van der Waals surface area contributed by atoms with E-state index >= 15 is 0 Å². The fourth-order valence-corrected chi connectivity index (χ4v) is 4.79. The first kappa shape index (κ1) is 18.9. The molecule has 5 nitrogen and oxygen atoms in total. The zero-order valence-corrected chi connectivity index (χ0v) is 16.7. The van der Waals surface area contributed by atoms with E-state index < -0.39 is 15.9 Å². The van der Waals surface area contributed by atoms with E-state index in [1.165, 1.54) is 0 Å². The number of amides is 1. The Morgan fingerprint density at radius 1 is 1.12 bits per heavy atom. The Kier molecular flexibility index (Phi) is 5.67. The van der Waals surface area contributed by atoms with Crippen molar-refractivity contribution in [1.82, 2.24) is 5.32 Å². The molecule has 138 valence electrons. The number of rotatable bonds is 5. The first-order chi connectivity index (χ1) is 12.3. The second-order valence-corrected chi connectivity index (χ2v) is 9.54. The summed E-state index contributed by atoms with van der Waals surface area (Å²) >= 11 is 3.42. The van der Waals surface area contributed by atoms with E-state index in [1.54, 1.807) is 6.92 Å². The largest absolute Gasteiger partial charge is 0.481 e. The summed E-state index contributed by atoms with van der Waals surface area (Å²) in [5, 5.41) is 2.75. The third-order valence-electron chi connectivity index (χ3n) is 4.29. The number of carbonyl (C=O) groups is 1. The molecule has 2 unspecified atom stereocenters. The molecule has 1 saturated heterocycles. The highest BCUT2D eigenvalue weighted by Gasteiger charge is 2.30. The van der Waals surface area contributed by atoms with Crippen LogP contribution in [0.4, 0.5) is 0 Å². The van der Waals surface area contributed by atoms with E-state index in [2.05, 4.69) is 21.2 Å². The van der Waals surface area contributed by atoms with Gasteiger partial charge in [0, 0.05) is 10.5 Å². The van der Waals surface area contributed by atoms with Crippen molar-refractivity contribution in [1.29, 1.82) is 0 Å². The summed E-state index contributed by atoms with van der Waals surface area (Å²) in [5.41, 5.74) is 2.14. The summed E-state index contributed by atoms with van der Waals surface area (Å²) in [6.07, 6.45) is -0.236. The van der Waals surface area contributed by atoms with Gasteiger partial charge in [-0.1, -0.05) is 40.2 Å². The maximum atomic E-state index is 12.2. The van der Waals surface area contributed by atoms with Crippen molar-refractivity contribution < 1.29 is 17.9 Å². The number of halogens is 1. The highest BCUT2D eigenvalue weighted by Crippen LogP contribution is 2.24. The van der Waals surface area contributed by atoms with Crippen molar-refractivity contribution in [2.45, 2.75) is 25.5 Å². The minimum absolute atomic E-state index is 0.00729. The van der Waals surface area contributed by atoms with Gasteiger partial charge in [0.2, 0.25) is 0 Å². The minimum Gasteiger partial charge on any atom is -0.481 e. The molecule has 1 aliphatic rings. The topological polar surface area (TPSA) is 72.5 Å². The highest BCUT2D eigenvalue weighted by atomic mass is 79.9. The van der Waals surface area contributed by atoms with E-state index in [0.29, 0.717) is 12.2 Å². The van der Waals surface area contributed by atoms with Gasteiger partial charge in [0.15, 0.2) is 15.9 Å². The average molecular weight is 438 g/mol. The first-order valence-electron chi connectivity index (χ1n) is 8.36. The molecule has 0 aromatic heterocycles. The maximum absolute atomic E-state index is 12.2. The normalized spacial score (nSPS) is 19.7. The monoisotopic (exact) mass is 437 g/mol. The number of benzene rings is 2. The molecule has 1 aliphatic heterocycles. The van der Waals surface area contributed by atoms with Crippen LogP contribution in [0.2, 0.25) is 0 Å². The molecule has 0 bridgehead atoms. The molecule has 1 N–H and O–H groups in total. The van der Waals surface area contributed by atoms with Gasteiger partial charge in [-0.05, 0) is 48.7 Å². The zero-order valence-electron chi connectivity index (χ0n) is 14.3. The van der Waals surface area contributed by atoms with Crippen LogP contribution in [0.3, 0.4) is 0 Å². The van der Waals surface area contributed by atoms with Crippen molar-refractivity contribution in [3.05, 3.63) is 53.0 Å². The van der Waals surface area contributed by atoms with Crippen molar-refractivity contribution in [2.75, 3.05) is 11.5 Å². The van der Waals surface area contributed by atoms with Gasteiger partial charge in [0.1, 0.15) is 5.75 Å². The third-order valence-corrected chi connectivity index (χ3v) is 6.59. The smallest absolute Gasteiger partial charge is 0.261 e. The second-order valence-electron chi connectivity index (χ2n) is 6.40. The summed E-state index contributed by atoms with van der Waals surface area (Å²) in [6, 6.07) is 15.2. The molecule has 0 saturated carbocycles. The first-order valence-corrected chi connectivity index (χ1v) is 11.0. The molecule has 26 heavy (non-hydrogen) atoms. The Hall–Kier alpha value is -1.86. The lowest BCUT2D eigenvalue weighted by Gasteiger charge is -2.17. The van der Waals surface area contributed by atoms with Gasteiger partial charge >= 0.3 is 0 Å². The van der Waals surface area contributed by atoms with Crippen molar-refractivity contribution in [3.63, 3.8) is 0 Å². The lowest BCUT2D eigenvalue weighted by Crippen LogP contribution is -2.43. The SMILES string of the molecule is CC(Oc1ccc(-c2ccc(Br)cc2)cc1)C(=O)NC1CCS(=O)(=O)C1. The second kappa shape index (κ2) is 7.80. The van der Waals surface area contributed by atoms with E-state index in [1.807, 2.05) is 48.5 Å². The number of sulfone groups is 1. The van der Waals surface area contributed by atoms with Gasteiger partial charge in [-0.3, -0.25) is 4.79 Å². The molecule has 1 fully saturated rings. The number of nitrogens with one attached hydrogen (secondary N) is 1.